The zero-order valence-electron chi connectivity index (χ0n) is 13.2. The predicted molar refractivity (Wildman–Crippen MR) is 86.4 cm³/mol. The van der Waals surface area contributed by atoms with E-state index >= 15 is 0 Å². The van der Waals surface area contributed by atoms with Gasteiger partial charge in [0, 0.05) is 12.7 Å². The molecule has 1 heterocycles. The molecule has 22 heavy (non-hydrogen) atoms. The first-order valence-corrected chi connectivity index (χ1v) is 8.07. The number of aryl methyl sites for hydroxylation is 2. The summed E-state index contributed by atoms with van der Waals surface area (Å²) in [6.07, 6.45) is 4.48. The van der Waals surface area contributed by atoms with Crippen molar-refractivity contribution in [3.05, 3.63) is 53.3 Å². The molecule has 0 spiro atoms. The second-order valence-electron chi connectivity index (χ2n) is 6.10. The number of nitrogens with one attached hydrogen (secondary N) is 1. The molecule has 4 nitrogen and oxygen atoms in total. The number of carbonyl (C=O) groups is 1. The molecule has 0 aliphatic heterocycles. The topological polar surface area (TPSA) is 46.9 Å². The van der Waals surface area contributed by atoms with Crippen LogP contribution < -0.4 is 5.32 Å². The molecule has 1 aromatic heterocycles. The van der Waals surface area contributed by atoms with Crippen LogP contribution in [0, 0.1) is 5.92 Å². The van der Waals surface area contributed by atoms with Crippen LogP contribution in [0.2, 0.25) is 0 Å². The molecule has 1 aromatic carbocycles. The molecule has 1 N–H and O–H groups in total. The highest BCUT2D eigenvalue weighted by Crippen LogP contribution is 2.33. The number of hydrogen-bond donors (Lipinski definition) is 1. The molecular weight excluding hydrogens is 274 g/mol. The van der Waals surface area contributed by atoms with Crippen LogP contribution in [0.3, 0.4) is 0 Å². The van der Waals surface area contributed by atoms with E-state index in [1.54, 1.807) is 0 Å². The highest BCUT2D eigenvalue weighted by atomic mass is 16.1. The standard InChI is InChI=1S/C18H23N3O/c1-3-21-11-10-15(20-21)12-17(22)19-18-13(2)8-9-14-6-4-5-7-16(14)18/h4-7,10-11,13,18H,3,8-9,12H2,1-2H3,(H,19,22). The Morgan fingerprint density at radius 3 is 2.95 bits per heavy atom. The summed E-state index contributed by atoms with van der Waals surface area (Å²) >= 11 is 0. The van der Waals surface area contributed by atoms with E-state index in [4.69, 9.17) is 0 Å². The Hall–Kier alpha value is -2.10. The number of carbonyl (C=O) groups excluding carboxylic acids is 1. The molecular formula is C18H23N3O. The number of aromatic nitrogens is 2. The molecule has 0 bridgehead atoms. The minimum absolute atomic E-state index is 0.0508. The van der Waals surface area contributed by atoms with Gasteiger partial charge in [0.25, 0.3) is 0 Å². The van der Waals surface area contributed by atoms with Crippen molar-refractivity contribution >= 4 is 5.91 Å². The van der Waals surface area contributed by atoms with E-state index in [0.29, 0.717) is 12.3 Å². The zero-order chi connectivity index (χ0) is 15.5. The molecule has 116 valence electrons. The van der Waals surface area contributed by atoms with Crippen LogP contribution in [0.5, 0.6) is 0 Å². The van der Waals surface area contributed by atoms with Crippen LogP contribution in [0.4, 0.5) is 0 Å². The summed E-state index contributed by atoms with van der Waals surface area (Å²) < 4.78 is 1.85. The van der Waals surface area contributed by atoms with Crippen molar-refractivity contribution in [2.75, 3.05) is 0 Å². The summed E-state index contributed by atoms with van der Waals surface area (Å²) in [5, 5.41) is 7.59. The van der Waals surface area contributed by atoms with Gasteiger partial charge in [0.05, 0.1) is 18.2 Å². The first-order chi connectivity index (χ1) is 10.7. The van der Waals surface area contributed by atoms with Crippen LogP contribution >= 0.6 is 0 Å². The van der Waals surface area contributed by atoms with Gasteiger partial charge in [-0.25, -0.2) is 0 Å². The third kappa shape index (κ3) is 3.06. The lowest BCUT2D eigenvalue weighted by Gasteiger charge is -2.32. The maximum Gasteiger partial charge on any atom is 0.226 e. The van der Waals surface area contributed by atoms with Gasteiger partial charge in [0.2, 0.25) is 5.91 Å². The fraction of sp³-hybridized carbons (Fsp3) is 0.444. The third-order valence-corrected chi connectivity index (χ3v) is 4.51. The summed E-state index contributed by atoms with van der Waals surface area (Å²) in [5.41, 5.74) is 3.46. The normalized spacial score (nSPS) is 20.5. The van der Waals surface area contributed by atoms with Crippen LogP contribution in [-0.4, -0.2) is 15.7 Å². The first kappa shape index (κ1) is 14.8. The third-order valence-electron chi connectivity index (χ3n) is 4.51. The van der Waals surface area contributed by atoms with Crippen LogP contribution in [0.25, 0.3) is 0 Å². The van der Waals surface area contributed by atoms with Gasteiger partial charge in [-0.05, 0) is 42.9 Å². The minimum atomic E-state index is 0.0508. The monoisotopic (exact) mass is 297 g/mol. The highest BCUT2D eigenvalue weighted by molar-refractivity contribution is 5.78. The van der Waals surface area contributed by atoms with Crippen molar-refractivity contribution in [1.29, 1.82) is 0 Å². The van der Waals surface area contributed by atoms with Crippen LogP contribution in [-0.2, 0) is 24.2 Å². The Morgan fingerprint density at radius 1 is 1.36 bits per heavy atom. The lowest BCUT2D eigenvalue weighted by atomic mass is 9.80. The number of benzene rings is 1. The Kier molecular flexibility index (Phi) is 4.27. The van der Waals surface area contributed by atoms with E-state index in [-0.39, 0.29) is 11.9 Å². The van der Waals surface area contributed by atoms with Gasteiger partial charge in [0.1, 0.15) is 0 Å². The average Bonchev–Trinajstić information content (AvgIpc) is 2.98. The number of amides is 1. The van der Waals surface area contributed by atoms with E-state index in [1.807, 2.05) is 23.9 Å². The number of rotatable bonds is 4. The Morgan fingerprint density at radius 2 is 2.18 bits per heavy atom. The minimum Gasteiger partial charge on any atom is -0.349 e. The summed E-state index contributed by atoms with van der Waals surface area (Å²) in [7, 11) is 0. The quantitative estimate of drug-likeness (QED) is 0.943. The SMILES string of the molecule is CCn1ccc(CC(=O)NC2c3ccccc3CCC2C)n1. The van der Waals surface area contributed by atoms with E-state index in [2.05, 4.69) is 41.6 Å². The van der Waals surface area contributed by atoms with Gasteiger partial charge in [0.15, 0.2) is 0 Å². The molecule has 2 aromatic rings. The molecule has 3 rings (SSSR count). The highest BCUT2D eigenvalue weighted by Gasteiger charge is 2.27. The fourth-order valence-electron chi connectivity index (χ4n) is 3.20. The van der Waals surface area contributed by atoms with Gasteiger partial charge in [-0.3, -0.25) is 9.48 Å². The molecule has 0 saturated carbocycles. The summed E-state index contributed by atoms with van der Waals surface area (Å²) in [5.74, 6) is 0.516. The molecule has 1 aliphatic rings. The first-order valence-electron chi connectivity index (χ1n) is 8.07. The molecule has 4 heteroatoms. The number of fused-ring (bicyclic) bond motifs is 1. The Labute approximate surface area is 131 Å². The van der Waals surface area contributed by atoms with Gasteiger partial charge in [-0.2, -0.15) is 5.10 Å². The summed E-state index contributed by atoms with van der Waals surface area (Å²) in [4.78, 5) is 12.4. The fourth-order valence-corrected chi connectivity index (χ4v) is 3.20. The van der Waals surface area contributed by atoms with Gasteiger partial charge < -0.3 is 5.32 Å². The van der Waals surface area contributed by atoms with Crippen molar-refractivity contribution < 1.29 is 4.79 Å². The summed E-state index contributed by atoms with van der Waals surface area (Å²) in [6, 6.07) is 10.5. The van der Waals surface area contributed by atoms with E-state index < -0.39 is 0 Å². The maximum absolute atomic E-state index is 12.4. The second kappa shape index (κ2) is 6.34. The van der Waals surface area contributed by atoms with Crippen molar-refractivity contribution in [3.8, 4) is 0 Å². The van der Waals surface area contributed by atoms with Gasteiger partial charge in [-0.1, -0.05) is 31.2 Å². The van der Waals surface area contributed by atoms with E-state index in [1.165, 1.54) is 11.1 Å². The molecule has 0 radical (unpaired) electrons. The van der Waals surface area contributed by atoms with Crippen molar-refractivity contribution in [2.24, 2.45) is 5.92 Å². The smallest absolute Gasteiger partial charge is 0.226 e. The average molecular weight is 297 g/mol. The Balaban J connectivity index is 1.70. The van der Waals surface area contributed by atoms with Crippen molar-refractivity contribution in [2.45, 2.75) is 45.7 Å². The number of nitrogens with zero attached hydrogens (tertiary/aromatic N) is 2. The molecule has 0 saturated heterocycles. The van der Waals surface area contributed by atoms with Gasteiger partial charge >= 0.3 is 0 Å². The molecule has 1 aliphatic carbocycles. The van der Waals surface area contributed by atoms with E-state index in [0.717, 1.165) is 25.1 Å². The predicted octanol–water partition coefficient (Wildman–Crippen LogP) is 2.89. The van der Waals surface area contributed by atoms with E-state index in [9.17, 15) is 4.79 Å². The summed E-state index contributed by atoms with van der Waals surface area (Å²) in [6.45, 7) is 5.08. The molecule has 2 unspecified atom stereocenters. The van der Waals surface area contributed by atoms with Gasteiger partial charge in [-0.15, -0.1) is 0 Å². The van der Waals surface area contributed by atoms with Crippen LogP contribution in [0.15, 0.2) is 36.5 Å². The molecule has 2 atom stereocenters. The lowest BCUT2D eigenvalue weighted by Crippen LogP contribution is -2.36. The lowest BCUT2D eigenvalue weighted by molar-refractivity contribution is -0.121. The largest absolute Gasteiger partial charge is 0.349 e. The molecule has 1 amide bonds. The zero-order valence-corrected chi connectivity index (χ0v) is 13.2. The van der Waals surface area contributed by atoms with Crippen molar-refractivity contribution in [3.63, 3.8) is 0 Å². The second-order valence-corrected chi connectivity index (χ2v) is 6.10. The maximum atomic E-state index is 12.4. The van der Waals surface area contributed by atoms with Crippen LogP contribution in [0.1, 0.15) is 43.1 Å². The van der Waals surface area contributed by atoms with Crippen molar-refractivity contribution in [1.82, 2.24) is 15.1 Å². The Bertz CT molecular complexity index is 662. The number of hydrogen-bond acceptors (Lipinski definition) is 2. The molecule has 0 fully saturated rings.